The summed E-state index contributed by atoms with van der Waals surface area (Å²) in [6.45, 7) is 0.482. The van der Waals surface area contributed by atoms with Crippen LogP contribution < -0.4 is 5.73 Å². The highest BCUT2D eigenvalue weighted by Crippen LogP contribution is 2.51. The van der Waals surface area contributed by atoms with Crippen molar-refractivity contribution in [3.8, 4) is 0 Å². The van der Waals surface area contributed by atoms with Gasteiger partial charge >= 0.3 is 31.3 Å². The fourth-order valence-corrected chi connectivity index (χ4v) is 5.83. The Kier molecular flexibility index (Phi) is 35.6. The molecule has 4 atom stereocenters. The van der Waals surface area contributed by atoms with Crippen molar-refractivity contribution in [2.75, 3.05) is 127 Å². The topological polar surface area (TPSA) is 264 Å². The van der Waals surface area contributed by atoms with E-state index < -0.39 is 37.2 Å². The summed E-state index contributed by atoms with van der Waals surface area (Å²) >= 11 is 0. The number of phosphoric ester groups is 4. The zero-order chi connectivity index (χ0) is 36.2. The first-order chi connectivity index (χ1) is 22.8. The van der Waals surface area contributed by atoms with Crippen molar-refractivity contribution in [3.05, 3.63) is 0 Å². The van der Waals surface area contributed by atoms with Gasteiger partial charge in [0.2, 0.25) is 0 Å². The summed E-state index contributed by atoms with van der Waals surface area (Å²) in [5.74, 6) is -0.405. The number of unbranched alkanes of at least 4 members (excludes halogenated alkanes) is 1. The summed E-state index contributed by atoms with van der Waals surface area (Å²) in [7, 11) is -11.6. The molecule has 50 heavy (non-hydrogen) atoms. The first-order valence-corrected chi connectivity index (χ1v) is 20.7. The SMILES string of the molecule is C.C.COP(=O)(O)OCCOCCOCCOP(=O)(OC)OCC(CCCCN)COP(=O)(OC)OCCOCCOCCOP(=O)(O)OC. The molecule has 0 heterocycles. The summed E-state index contributed by atoms with van der Waals surface area (Å²) in [6.07, 6.45) is 1.92. The molecule has 0 radical (unpaired) electrons. The van der Waals surface area contributed by atoms with Gasteiger partial charge in [0.05, 0.1) is 92.5 Å². The van der Waals surface area contributed by atoms with Gasteiger partial charge in [-0.05, 0) is 19.4 Å². The fraction of sp³-hybridized carbons (Fsp3) is 1.00. The van der Waals surface area contributed by atoms with E-state index in [2.05, 4.69) is 18.1 Å². The minimum absolute atomic E-state index is 0. The molecule has 4 unspecified atom stereocenters. The summed E-state index contributed by atoms with van der Waals surface area (Å²) in [5, 5.41) is 0. The third-order valence-corrected chi connectivity index (χ3v) is 10.3. The zero-order valence-corrected chi connectivity index (χ0v) is 31.5. The van der Waals surface area contributed by atoms with E-state index in [0.717, 1.165) is 14.2 Å². The number of hydrogen-bond donors (Lipinski definition) is 3. The second-order valence-electron chi connectivity index (χ2n) is 9.09. The second-order valence-corrected chi connectivity index (χ2v) is 15.8. The molecule has 0 saturated heterocycles. The number of phosphoric acid groups is 4. The summed E-state index contributed by atoms with van der Waals surface area (Å²) < 4.78 is 118. The van der Waals surface area contributed by atoms with Crippen molar-refractivity contribution >= 4 is 31.3 Å². The second kappa shape index (κ2) is 32.7. The molecule has 0 saturated carbocycles. The molecule has 25 heteroatoms. The Labute approximate surface area is 296 Å². The van der Waals surface area contributed by atoms with Crippen LogP contribution in [0.15, 0.2) is 0 Å². The van der Waals surface area contributed by atoms with Crippen LogP contribution in [0.25, 0.3) is 0 Å². The van der Waals surface area contributed by atoms with E-state index in [4.69, 9.17) is 61.6 Å². The molecule has 0 aliphatic heterocycles. The molecule has 0 amide bonds. The lowest BCUT2D eigenvalue weighted by Crippen LogP contribution is -2.18. The van der Waals surface area contributed by atoms with Crippen molar-refractivity contribution in [3.63, 3.8) is 0 Å². The maximum atomic E-state index is 12.9. The molecule has 0 spiro atoms. The van der Waals surface area contributed by atoms with Crippen LogP contribution in [0.4, 0.5) is 0 Å². The van der Waals surface area contributed by atoms with E-state index in [-0.39, 0.29) is 107 Å². The number of hydrogen-bond acceptors (Lipinski definition) is 19. The van der Waals surface area contributed by atoms with E-state index in [0.29, 0.717) is 25.8 Å². The molecule has 0 aliphatic carbocycles. The molecular weight excluding hydrogens is 758 g/mol. The molecular formula is C25H61NO20P4. The van der Waals surface area contributed by atoms with Gasteiger partial charge in [-0.2, -0.15) is 0 Å². The maximum absolute atomic E-state index is 12.9. The molecule has 306 valence electrons. The Balaban J connectivity index is -0.0000110. The summed E-state index contributed by atoms with van der Waals surface area (Å²) in [4.78, 5) is 18.2. The van der Waals surface area contributed by atoms with Crippen LogP contribution in [0.5, 0.6) is 0 Å². The Bertz CT molecular complexity index is 912. The molecule has 0 aromatic heterocycles. The van der Waals surface area contributed by atoms with Gasteiger partial charge in [-0.1, -0.05) is 21.3 Å². The number of nitrogens with two attached hydrogens (primary N) is 1. The average molecular weight is 820 g/mol. The highest BCUT2D eigenvalue weighted by atomic mass is 31.2. The monoisotopic (exact) mass is 819 g/mol. The molecule has 0 fully saturated rings. The smallest absolute Gasteiger partial charge is 0.377 e. The van der Waals surface area contributed by atoms with E-state index >= 15 is 0 Å². The molecule has 4 N–H and O–H groups in total. The Morgan fingerprint density at radius 3 is 1.10 bits per heavy atom. The Hall–Kier alpha value is 0.240. The van der Waals surface area contributed by atoms with Gasteiger partial charge in [0.15, 0.2) is 0 Å². The van der Waals surface area contributed by atoms with Crippen LogP contribution in [0.3, 0.4) is 0 Å². The van der Waals surface area contributed by atoms with E-state index in [1.54, 1.807) is 0 Å². The molecule has 0 aromatic rings. The van der Waals surface area contributed by atoms with Crippen LogP contribution in [0.1, 0.15) is 34.1 Å². The lowest BCUT2D eigenvalue weighted by atomic mass is 10.0. The number of rotatable bonds is 36. The maximum Gasteiger partial charge on any atom is 0.474 e. The largest absolute Gasteiger partial charge is 0.474 e. The van der Waals surface area contributed by atoms with Gasteiger partial charge in [0.25, 0.3) is 0 Å². The Morgan fingerprint density at radius 1 is 0.480 bits per heavy atom. The predicted molar refractivity (Wildman–Crippen MR) is 182 cm³/mol. The van der Waals surface area contributed by atoms with Gasteiger partial charge in [0, 0.05) is 34.4 Å². The van der Waals surface area contributed by atoms with Crippen molar-refractivity contribution in [1.29, 1.82) is 0 Å². The summed E-state index contributed by atoms with van der Waals surface area (Å²) in [5.41, 5.74) is 5.60. The van der Waals surface area contributed by atoms with Crippen LogP contribution in [-0.4, -0.2) is 137 Å². The van der Waals surface area contributed by atoms with Crippen molar-refractivity contribution in [2.24, 2.45) is 11.7 Å². The van der Waals surface area contributed by atoms with Gasteiger partial charge < -0.3 is 34.5 Å². The third kappa shape index (κ3) is 30.7. The van der Waals surface area contributed by atoms with Crippen LogP contribution in [-0.2, 0) is 82.4 Å². The van der Waals surface area contributed by atoms with Gasteiger partial charge in [-0.15, -0.1) is 0 Å². The van der Waals surface area contributed by atoms with E-state index in [1.165, 1.54) is 14.2 Å². The first kappa shape index (κ1) is 54.6. The number of ether oxygens (including phenoxy) is 4. The minimum Gasteiger partial charge on any atom is -0.377 e. The van der Waals surface area contributed by atoms with E-state index in [1.807, 2.05) is 0 Å². The summed E-state index contributed by atoms with van der Waals surface area (Å²) in [6, 6.07) is 0. The molecule has 0 aliphatic rings. The van der Waals surface area contributed by atoms with Crippen molar-refractivity contribution in [2.45, 2.75) is 34.1 Å². The zero-order valence-electron chi connectivity index (χ0n) is 27.9. The third-order valence-electron chi connectivity index (χ3n) is 5.57. The molecule has 0 rings (SSSR count). The Morgan fingerprint density at radius 2 is 0.800 bits per heavy atom. The van der Waals surface area contributed by atoms with Gasteiger partial charge in [-0.25, -0.2) is 18.3 Å². The first-order valence-electron chi connectivity index (χ1n) is 14.8. The highest BCUT2D eigenvalue weighted by molar-refractivity contribution is 7.49. The molecule has 0 bridgehead atoms. The lowest BCUT2D eigenvalue weighted by Gasteiger charge is -2.23. The normalized spacial score (nSPS) is 17.0. The fourth-order valence-electron chi connectivity index (χ4n) is 3.06. The molecule has 21 nitrogen and oxygen atoms in total. The minimum atomic E-state index is -4.05. The standard InChI is InChI=1S/C23H53NO20P4.2CH4/c1-31-45(25,26)39-17-13-35-9-11-37-15-19-41-47(29,33-3)43-21-23(7-5-6-8-24)22-44-48(30,34-4)42-20-16-38-12-10-36-14-18-40-46(27,28)32-2;;/h23H,5-22,24H2,1-4H3,(H,25,26)(H,27,28);2*1H4. The quantitative estimate of drug-likeness (QED) is 0.0591. The van der Waals surface area contributed by atoms with Crippen LogP contribution >= 0.6 is 31.3 Å². The molecule has 0 aromatic carbocycles. The van der Waals surface area contributed by atoms with Crippen LogP contribution in [0, 0.1) is 5.92 Å². The lowest BCUT2D eigenvalue weighted by molar-refractivity contribution is 0.0143. The van der Waals surface area contributed by atoms with Gasteiger partial charge in [-0.3, -0.25) is 45.2 Å². The van der Waals surface area contributed by atoms with Crippen LogP contribution in [0.2, 0.25) is 0 Å². The van der Waals surface area contributed by atoms with Crippen molar-refractivity contribution in [1.82, 2.24) is 0 Å². The average Bonchev–Trinajstić information content (AvgIpc) is 3.07. The highest BCUT2D eigenvalue weighted by Gasteiger charge is 2.30. The predicted octanol–water partition coefficient (Wildman–Crippen LogP) is 4.17. The van der Waals surface area contributed by atoms with Crippen molar-refractivity contribution < 1.29 is 92.2 Å². The van der Waals surface area contributed by atoms with Gasteiger partial charge in [0.1, 0.15) is 0 Å². The van der Waals surface area contributed by atoms with E-state index in [9.17, 15) is 18.3 Å².